The highest BCUT2D eigenvalue weighted by atomic mass is 32.2. The first-order valence-corrected chi connectivity index (χ1v) is 14.3. The maximum Gasteiger partial charge on any atom is 0.353 e. The van der Waals surface area contributed by atoms with Gasteiger partial charge in [0, 0.05) is 41.2 Å². The monoisotopic (exact) mass is 534 g/mol. The van der Waals surface area contributed by atoms with E-state index in [1.807, 2.05) is 6.92 Å². The third-order valence-electron chi connectivity index (χ3n) is 8.73. The Morgan fingerprint density at radius 1 is 1.24 bits per heavy atom. The van der Waals surface area contributed by atoms with Crippen molar-refractivity contribution in [1.29, 1.82) is 0 Å². The number of nitrogens with one attached hydrogen (secondary N) is 4. The largest absolute Gasteiger partial charge is 0.477 e. The van der Waals surface area contributed by atoms with Crippen LogP contribution in [-0.2, 0) is 19.2 Å². The first kappa shape index (κ1) is 26.5. The van der Waals surface area contributed by atoms with E-state index in [0.717, 1.165) is 32.5 Å². The predicted molar refractivity (Wildman–Crippen MR) is 138 cm³/mol. The van der Waals surface area contributed by atoms with Gasteiger partial charge in [0.1, 0.15) is 5.70 Å². The Kier molecular flexibility index (Phi) is 7.54. The maximum atomic E-state index is 13.4. The van der Waals surface area contributed by atoms with Crippen LogP contribution < -0.4 is 21.3 Å². The number of carbonyl (C=O) groups excluding carboxylic acids is 3. The Morgan fingerprint density at radius 2 is 2.03 bits per heavy atom. The third kappa shape index (κ3) is 4.66. The molecular formula is C25H38N6O5S. The minimum atomic E-state index is -1.11. The van der Waals surface area contributed by atoms with Crippen molar-refractivity contribution in [2.24, 2.45) is 17.8 Å². The van der Waals surface area contributed by atoms with Crippen molar-refractivity contribution in [3.05, 3.63) is 10.6 Å². The van der Waals surface area contributed by atoms with Crippen LogP contribution >= 0.6 is 11.8 Å². The van der Waals surface area contributed by atoms with Gasteiger partial charge in [0.2, 0.25) is 17.7 Å². The molecule has 12 heteroatoms. The molecule has 0 aromatic rings. The van der Waals surface area contributed by atoms with Crippen molar-refractivity contribution in [3.63, 3.8) is 0 Å². The zero-order valence-electron chi connectivity index (χ0n) is 21.7. The number of hydrogen-bond acceptors (Lipinski definition) is 8. The number of amides is 3. The van der Waals surface area contributed by atoms with E-state index in [0.29, 0.717) is 29.8 Å². The smallest absolute Gasteiger partial charge is 0.353 e. The van der Waals surface area contributed by atoms with Gasteiger partial charge in [-0.3, -0.25) is 14.4 Å². The topological polar surface area (TPSA) is 143 Å². The summed E-state index contributed by atoms with van der Waals surface area (Å²) in [4.78, 5) is 54.9. The molecule has 3 amide bonds. The van der Waals surface area contributed by atoms with Crippen LogP contribution in [0.3, 0.4) is 0 Å². The summed E-state index contributed by atoms with van der Waals surface area (Å²) in [7, 11) is 1.68. The summed E-state index contributed by atoms with van der Waals surface area (Å²) in [6.45, 7) is 7.26. The highest BCUT2D eigenvalue weighted by molar-refractivity contribution is 8.03. The van der Waals surface area contributed by atoms with Crippen molar-refractivity contribution >= 4 is 35.5 Å². The fourth-order valence-electron chi connectivity index (χ4n) is 6.97. The fourth-order valence-corrected chi connectivity index (χ4v) is 8.45. The van der Waals surface area contributed by atoms with Gasteiger partial charge in [-0.1, -0.05) is 6.92 Å². The van der Waals surface area contributed by atoms with Gasteiger partial charge in [-0.2, -0.15) is 0 Å². The van der Waals surface area contributed by atoms with E-state index in [4.69, 9.17) is 0 Å². The minimum absolute atomic E-state index is 0.0483. The quantitative estimate of drug-likeness (QED) is 0.252. The molecule has 0 spiro atoms. The van der Waals surface area contributed by atoms with Crippen LogP contribution in [0.4, 0.5) is 0 Å². The summed E-state index contributed by atoms with van der Waals surface area (Å²) in [5, 5.41) is 22.5. The first-order chi connectivity index (χ1) is 17.7. The van der Waals surface area contributed by atoms with Crippen molar-refractivity contribution in [1.82, 2.24) is 31.1 Å². The molecular weight excluding hydrogens is 496 g/mol. The Bertz CT molecular complexity index is 1010. The lowest BCUT2D eigenvalue weighted by Gasteiger charge is -2.47. The molecule has 0 aliphatic carbocycles. The van der Waals surface area contributed by atoms with Crippen LogP contribution in [-0.4, -0.2) is 108 Å². The van der Waals surface area contributed by atoms with Crippen molar-refractivity contribution < 1.29 is 24.3 Å². The average molecular weight is 535 g/mol. The lowest BCUT2D eigenvalue weighted by atomic mass is 9.78. The number of hydrogen-bond donors (Lipinski definition) is 5. The van der Waals surface area contributed by atoms with Crippen molar-refractivity contribution in [3.8, 4) is 0 Å². The minimum Gasteiger partial charge on any atom is -0.477 e. The molecule has 5 aliphatic heterocycles. The zero-order valence-corrected chi connectivity index (χ0v) is 22.5. The van der Waals surface area contributed by atoms with Gasteiger partial charge >= 0.3 is 5.97 Å². The van der Waals surface area contributed by atoms with Gasteiger partial charge in [0.25, 0.3) is 0 Å². The molecule has 204 valence electrons. The number of carbonyl (C=O) groups is 4. The molecule has 4 fully saturated rings. The summed E-state index contributed by atoms with van der Waals surface area (Å²) < 4.78 is 0. The van der Waals surface area contributed by atoms with Gasteiger partial charge in [-0.05, 0) is 52.2 Å². The second-order valence-corrected chi connectivity index (χ2v) is 12.3. The summed E-state index contributed by atoms with van der Waals surface area (Å²) in [6.07, 6.45) is 2.67. The molecule has 8 atom stereocenters. The number of β-lactam (4-membered cyclic amide) rings is 1. The van der Waals surface area contributed by atoms with Crippen LogP contribution in [0.25, 0.3) is 0 Å². The number of carboxylic acid groups (broad SMARTS) is 1. The number of rotatable bonds is 8. The van der Waals surface area contributed by atoms with Crippen LogP contribution in [0.5, 0.6) is 0 Å². The zero-order chi connectivity index (χ0) is 26.4. The molecule has 37 heavy (non-hydrogen) atoms. The summed E-state index contributed by atoms with van der Waals surface area (Å²) in [5.74, 6) is -1.50. The number of thioether (sulfide) groups is 1. The molecule has 0 radical (unpaired) electrons. The van der Waals surface area contributed by atoms with Crippen LogP contribution in [0, 0.1) is 17.8 Å². The number of fused-ring (bicyclic) bond motifs is 2. The van der Waals surface area contributed by atoms with Crippen molar-refractivity contribution in [2.75, 3.05) is 39.8 Å². The molecule has 5 rings (SSSR count). The van der Waals surface area contributed by atoms with Crippen molar-refractivity contribution in [2.45, 2.75) is 62.5 Å². The van der Waals surface area contributed by atoms with Crippen LogP contribution in [0.2, 0.25) is 0 Å². The normalized spacial score (nSPS) is 35.8. The fraction of sp³-hybridized carbons (Fsp3) is 0.760. The molecule has 3 unspecified atom stereocenters. The number of likely N-dealkylation sites (N-methyl/N-ethyl adjacent to an activating group) is 1. The molecule has 0 bridgehead atoms. The second kappa shape index (κ2) is 10.5. The van der Waals surface area contributed by atoms with E-state index in [2.05, 4.69) is 26.2 Å². The highest BCUT2D eigenvalue weighted by Gasteiger charge is 2.60. The number of piperidine rings is 1. The van der Waals surface area contributed by atoms with Gasteiger partial charge in [0.05, 0.1) is 24.5 Å². The molecule has 0 aromatic carbocycles. The number of nitrogens with zero attached hydrogens (tertiary/aromatic N) is 2. The summed E-state index contributed by atoms with van der Waals surface area (Å²) in [5.41, 5.74) is 0.0596. The standard InChI is InChI=1S/C25H38N6O5S/c1-12-20-19(13(2)29-18(32)11-26-3)24(34)31(20)21(25(35)36)22(12)37-15-8-16(28-10-15)23(33)30-7-5-14-9-27-6-4-17(14)30/h12-17,19-20,26-28H,4-11H2,1-3H3,(H,29,32)(H,35,36)/t12-,13?,14?,15+,16+,17?,19-,20-/m1/s1. The van der Waals surface area contributed by atoms with E-state index in [1.54, 1.807) is 14.0 Å². The lowest BCUT2D eigenvalue weighted by Crippen LogP contribution is -2.66. The molecule has 0 saturated carbocycles. The van der Waals surface area contributed by atoms with E-state index in [-0.39, 0.29) is 53.2 Å². The molecule has 11 nitrogen and oxygen atoms in total. The predicted octanol–water partition coefficient (Wildman–Crippen LogP) is -0.842. The summed E-state index contributed by atoms with van der Waals surface area (Å²) >= 11 is 1.50. The summed E-state index contributed by atoms with van der Waals surface area (Å²) in [6, 6.07) is -0.629. The SMILES string of the molecule is CNCC(=O)NC(C)[C@H]1C(=O)N2C(C(=O)O)=C(S[C@@H]3CN[C@H](C(=O)N4CCC5CNCCC54)C3)[C@H](C)[C@H]12. The van der Waals surface area contributed by atoms with Crippen LogP contribution in [0.15, 0.2) is 10.6 Å². The van der Waals surface area contributed by atoms with E-state index in [1.165, 1.54) is 16.7 Å². The average Bonchev–Trinajstić information content (AvgIpc) is 3.55. The Balaban J connectivity index is 1.24. The molecule has 5 aliphatic rings. The molecule has 5 heterocycles. The van der Waals surface area contributed by atoms with E-state index in [9.17, 15) is 24.3 Å². The Hall–Kier alpha value is -2.15. The molecule has 5 N–H and O–H groups in total. The molecule has 4 saturated heterocycles. The van der Waals surface area contributed by atoms with Crippen LogP contribution in [0.1, 0.15) is 33.1 Å². The number of likely N-dealkylation sites (tertiary alicyclic amines) is 1. The number of aliphatic carboxylic acids is 1. The Morgan fingerprint density at radius 3 is 2.76 bits per heavy atom. The lowest BCUT2D eigenvalue weighted by molar-refractivity contribution is -0.158. The highest BCUT2D eigenvalue weighted by Crippen LogP contribution is 2.52. The second-order valence-electron chi connectivity index (χ2n) is 11.0. The van der Waals surface area contributed by atoms with Gasteiger partial charge in [-0.25, -0.2) is 4.79 Å². The van der Waals surface area contributed by atoms with E-state index < -0.39 is 17.9 Å². The van der Waals surface area contributed by atoms with Gasteiger partial charge < -0.3 is 36.2 Å². The number of carboxylic acids is 1. The molecule has 0 aromatic heterocycles. The Labute approximate surface area is 221 Å². The first-order valence-electron chi connectivity index (χ1n) is 13.4. The third-order valence-corrected chi connectivity index (χ3v) is 10.2. The van der Waals surface area contributed by atoms with Gasteiger partial charge in [-0.15, -0.1) is 11.8 Å². The van der Waals surface area contributed by atoms with Gasteiger partial charge in [0.15, 0.2) is 0 Å². The maximum absolute atomic E-state index is 13.4. The van der Waals surface area contributed by atoms with E-state index >= 15 is 0 Å².